The number of aromatic amines is 1. The number of carbonyl (C=O) groups excluding carboxylic acids is 1. The Balaban J connectivity index is 2.36. The van der Waals surface area contributed by atoms with E-state index in [1.807, 2.05) is 18.4 Å². The fourth-order valence-electron chi connectivity index (χ4n) is 2.19. The van der Waals surface area contributed by atoms with E-state index in [-0.39, 0.29) is 11.5 Å². The van der Waals surface area contributed by atoms with Crippen LogP contribution in [0.4, 0.5) is 5.13 Å². The second-order valence-electron chi connectivity index (χ2n) is 5.49. The van der Waals surface area contributed by atoms with E-state index in [2.05, 4.69) is 21.9 Å². The number of anilines is 1. The third-order valence-corrected chi connectivity index (χ3v) is 4.51. The van der Waals surface area contributed by atoms with Crippen molar-refractivity contribution in [3.05, 3.63) is 39.0 Å². The van der Waals surface area contributed by atoms with Crippen LogP contribution in [0.5, 0.6) is 0 Å². The molecule has 1 amide bonds. The monoisotopic (exact) mass is 346 g/mol. The van der Waals surface area contributed by atoms with Gasteiger partial charge in [0.15, 0.2) is 5.13 Å². The number of nitrogens with one attached hydrogen (secondary N) is 1. The number of allylic oxidation sites excluding steroid dienone is 1. The average molecular weight is 346 g/mol. The summed E-state index contributed by atoms with van der Waals surface area (Å²) >= 11 is 1.41. The molecule has 2 aromatic heterocycles. The molecule has 0 aromatic carbocycles. The molecule has 2 rings (SSSR count). The van der Waals surface area contributed by atoms with Gasteiger partial charge in [-0.15, -0.1) is 11.3 Å². The molecule has 0 bridgehead atoms. The van der Waals surface area contributed by atoms with Gasteiger partial charge >= 0.3 is 0 Å². The van der Waals surface area contributed by atoms with E-state index in [1.54, 1.807) is 13.1 Å². The van der Waals surface area contributed by atoms with Crippen LogP contribution < -0.4 is 10.5 Å². The number of hydrogen-bond donors (Lipinski definition) is 1. The van der Waals surface area contributed by atoms with Gasteiger partial charge in [-0.2, -0.15) is 0 Å². The molecular formula is C17H22N4O2S. The number of rotatable bonds is 6. The van der Waals surface area contributed by atoms with Crippen molar-refractivity contribution >= 4 is 34.0 Å². The van der Waals surface area contributed by atoms with Crippen molar-refractivity contribution in [1.29, 1.82) is 0 Å². The maximum absolute atomic E-state index is 11.8. The summed E-state index contributed by atoms with van der Waals surface area (Å²) in [5.41, 5.74) is 2.32. The lowest BCUT2D eigenvalue weighted by atomic mass is 10.1. The highest BCUT2D eigenvalue weighted by Gasteiger charge is 2.11. The highest BCUT2D eigenvalue weighted by Crippen LogP contribution is 2.23. The minimum absolute atomic E-state index is 0.0612. The van der Waals surface area contributed by atoms with Crippen LogP contribution in [0.1, 0.15) is 50.8 Å². The summed E-state index contributed by atoms with van der Waals surface area (Å²) in [7, 11) is 1.70. The van der Waals surface area contributed by atoms with Crippen LogP contribution in [-0.2, 0) is 11.2 Å². The van der Waals surface area contributed by atoms with Gasteiger partial charge in [-0.25, -0.2) is 9.97 Å². The van der Waals surface area contributed by atoms with Gasteiger partial charge in [-0.3, -0.25) is 14.5 Å². The number of hydrogen-bond acceptors (Lipinski definition) is 5. The van der Waals surface area contributed by atoms with E-state index < -0.39 is 0 Å². The Morgan fingerprint density at radius 2 is 2.12 bits per heavy atom. The largest absolute Gasteiger partial charge is 0.307 e. The Morgan fingerprint density at radius 3 is 2.75 bits per heavy atom. The lowest BCUT2D eigenvalue weighted by Crippen LogP contribution is -2.22. The quantitative estimate of drug-likeness (QED) is 0.871. The molecule has 128 valence electrons. The van der Waals surface area contributed by atoms with Crippen LogP contribution >= 0.6 is 11.3 Å². The van der Waals surface area contributed by atoms with Crippen LogP contribution in [0.25, 0.3) is 11.6 Å². The summed E-state index contributed by atoms with van der Waals surface area (Å²) in [5.74, 6) is 0.525. The summed E-state index contributed by atoms with van der Waals surface area (Å²) in [5, 5.41) is 2.53. The number of carbonyl (C=O) groups is 1. The van der Waals surface area contributed by atoms with Gasteiger partial charge < -0.3 is 4.98 Å². The Hall–Kier alpha value is -2.28. The number of H-pyrrole nitrogens is 1. The van der Waals surface area contributed by atoms with Crippen molar-refractivity contribution in [1.82, 2.24) is 15.0 Å². The SMILES string of the molecule is CCCc1cc(=O)[nH]c(/C(=C\c2csc(N(C)C(C)=O)n2)CC)n1. The van der Waals surface area contributed by atoms with Gasteiger partial charge in [0.2, 0.25) is 5.91 Å². The Bertz CT molecular complexity index is 807. The molecule has 0 saturated carbocycles. The van der Waals surface area contributed by atoms with Gasteiger partial charge in [0.25, 0.3) is 5.56 Å². The molecule has 0 spiro atoms. The minimum atomic E-state index is -0.141. The maximum atomic E-state index is 11.8. The number of aryl methyl sites for hydroxylation is 1. The van der Waals surface area contributed by atoms with Crippen molar-refractivity contribution in [2.75, 3.05) is 11.9 Å². The van der Waals surface area contributed by atoms with Crippen molar-refractivity contribution in [3.8, 4) is 0 Å². The molecule has 0 radical (unpaired) electrons. The van der Waals surface area contributed by atoms with Crippen molar-refractivity contribution in [2.45, 2.75) is 40.0 Å². The number of aromatic nitrogens is 3. The van der Waals surface area contributed by atoms with Gasteiger partial charge in [-0.1, -0.05) is 20.3 Å². The van der Waals surface area contributed by atoms with E-state index >= 15 is 0 Å². The van der Waals surface area contributed by atoms with E-state index in [0.29, 0.717) is 17.4 Å². The lowest BCUT2D eigenvalue weighted by molar-refractivity contribution is -0.116. The van der Waals surface area contributed by atoms with Gasteiger partial charge in [0, 0.05) is 31.1 Å². The Labute approximate surface area is 145 Å². The molecule has 0 aliphatic carbocycles. The fourth-order valence-corrected chi connectivity index (χ4v) is 2.98. The molecule has 0 atom stereocenters. The summed E-state index contributed by atoms with van der Waals surface area (Å²) < 4.78 is 0. The van der Waals surface area contributed by atoms with E-state index in [9.17, 15) is 9.59 Å². The van der Waals surface area contributed by atoms with Crippen molar-refractivity contribution < 1.29 is 4.79 Å². The average Bonchev–Trinajstić information content (AvgIpc) is 3.00. The van der Waals surface area contributed by atoms with Crippen molar-refractivity contribution in [2.24, 2.45) is 0 Å². The fraction of sp³-hybridized carbons (Fsp3) is 0.412. The molecule has 1 N–H and O–H groups in total. The second kappa shape index (κ2) is 8.01. The zero-order valence-electron chi connectivity index (χ0n) is 14.4. The normalized spacial score (nSPS) is 11.6. The predicted molar refractivity (Wildman–Crippen MR) is 98.2 cm³/mol. The van der Waals surface area contributed by atoms with Gasteiger partial charge in [0.1, 0.15) is 5.82 Å². The molecule has 2 aromatic rings. The Morgan fingerprint density at radius 1 is 1.38 bits per heavy atom. The zero-order chi connectivity index (χ0) is 17.7. The van der Waals surface area contributed by atoms with Crippen LogP contribution in [0.15, 0.2) is 16.2 Å². The number of thiazole rings is 1. The Kier molecular flexibility index (Phi) is 6.03. The molecule has 0 aliphatic heterocycles. The first-order valence-corrected chi connectivity index (χ1v) is 8.83. The van der Waals surface area contributed by atoms with Gasteiger partial charge in [0.05, 0.1) is 5.69 Å². The molecular weight excluding hydrogens is 324 g/mol. The molecule has 6 nitrogen and oxygen atoms in total. The predicted octanol–water partition coefficient (Wildman–Crippen LogP) is 3.11. The standard InChI is InChI=1S/C17H22N4O2S/c1-5-7-13-9-15(23)20-16(18-13)12(6-2)8-14-10-24-17(19-14)21(4)11(3)22/h8-10H,5-7H2,1-4H3,(H,18,20,23)/b12-8-. The van der Waals surface area contributed by atoms with Crippen LogP contribution in [0.2, 0.25) is 0 Å². The third kappa shape index (κ3) is 4.38. The van der Waals surface area contributed by atoms with Crippen LogP contribution in [-0.4, -0.2) is 27.9 Å². The zero-order valence-corrected chi connectivity index (χ0v) is 15.2. The molecule has 7 heteroatoms. The second-order valence-corrected chi connectivity index (χ2v) is 6.33. The smallest absolute Gasteiger partial charge is 0.251 e. The summed E-state index contributed by atoms with van der Waals surface area (Å²) in [6.07, 6.45) is 4.34. The van der Waals surface area contributed by atoms with E-state index in [1.165, 1.54) is 23.2 Å². The van der Waals surface area contributed by atoms with Gasteiger partial charge in [-0.05, 0) is 24.5 Å². The first kappa shape index (κ1) is 18.1. The molecule has 2 heterocycles. The highest BCUT2D eigenvalue weighted by molar-refractivity contribution is 7.14. The molecule has 0 saturated heterocycles. The molecule has 0 unspecified atom stereocenters. The lowest BCUT2D eigenvalue weighted by Gasteiger charge is -2.09. The first-order valence-electron chi connectivity index (χ1n) is 7.95. The van der Waals surface area contributed by atoms with Crippen LogP contribution in [0.3, 0.4) is 0 Å². The maximum Gasteiger partial charge on any atom is 0.251 e. The molecule has 0 aliphatic rings. The molecule has 24 heavy (non-hydrogen) atoms. The van der Waals surface area contributed by atoms with E-state index in [0.717, 1.165) is 29.8 Å². The van der Waals surface area contributed by atoms with Crippen molar-refractivity contribution in [3.63, 3.8) is 0 Å². The van der Waals surface area contributed by atoms with Crippen LogP contribution in [0, 0.1) is 0 Å². The number of nitrogens with zero attached hydrogens (tertiary/aromatic N) is 3. The van der Waals surface area contributed by atoms with E-state index in [4.69, 9.17) is 0 Å². The topological polar surface area (TPSA) is 79.0 Å². The summed E-state index contributed by atoms with van der Waals surface area (Å²) in [6.45, 7) is 5.57. The highest BCUT2D eigenvalue weighted by atomic mass is 32.1. The summed E-state index contributed by atoms with van der Waals surface area (Å²) in [6, 6.07) is 1.54. The first-order chi connectivity index (χ1) is 11.4. The number of amides is 1. The third-order valence-electron chi connectivity index (χ3n) is 3.58. The summed E-state index contributed by atoms with van der Waals surface area (Å²) in [4.78, 5) is 36.6. The molecule has 0 fully saturated rings. The minimum Gasteiger partial charge on any atom is -0.307 e.